The maximum absolute atomic E-state index is 11.9. The van der Waals surface area contributed by atoms with E-state index >= 15 is 0 Å². The van der Waals surface area contributed by atoms with E-state index in [0.717, 1.165) is 30.9 Å². The first-order valence-corrected chi connectivity index (χ1v) is 7.02. The molecule has 1 aromatic rings. The van der Waals surface area contributed by atoms with Crippen LogP contribution < -0.4 is 4.90 Å². The van der Waals surface area contributed by atoms with Crippen molar-refractivity contribution in [3.8, 4) is 0 Å². The van der Waals surface area contributed by atoms with Gasteiger partial charge in [-0.3, -0.25) is 0 Å². The predicted molar refractivity (Wildman–Crippen MR) is 68.7 cm³/mol. The van der Waals surface area contributed by atoms with Crippen molar-refractivity contribution in [1.82, 2.24) is 4.98 Å². The highest BCUT2D eigenvalue weighted by molar-refractivity contribution is 7.14. The largest absolute Gasteiger partial charge is 0.464 e. The summed E-state index contributed by atoms with van der Waals surface area (Å²) in [7, 11) is 0. The summed E-state index contributed by atoms with van der Waals surface area (Å²) >= 11 is 7.29. The summed E-state index contributed by atoms with van der Waals surface area (Å²) in [5, 5.41) is 3.08. The van der Waals surface area contributed by atoms with E-state index in [1.165, 1.54) is 11.3 Å². The number of ether oxygens (including phenoxy) is 1. The number of rotatable bonds is 3. The number of nitrogens with zero attached hydrogens (tertiary/aromatic N) is 2. The Hall–Kier alpha value is -0.810. The van der Waals surface area contributed by atoms with Gasteiger partial charge in [0.2, 0.25) is 0 Å². The number of hydrogen-bond donors (Lipinski definition) is 0. The summed E-state index contributed by atoms with van der Waals surface area (Å²) in [6, 6.07) is -0.203. The molecule has 94 valence electrons. The number of hydrogen-bond acceptors (Lipinski definition) is 5. The molecular formula is C11H15ClN2O2S. The molecule has 1 atom stereocenters. The lowest BCUT2D eigenvalue weighted by atomic mass is 10.0. The average molecular weight is 275 g/mol. The zero-order chi connectivity index (χ0) is 12.3. The fourth-order valence-corrected chi connectivity index (χ4v) is 3.05. The number of anilines is 1. The highest BCUT2D eigenvalue weighted by atomic mass is 35.5. The first-order chi connectivity index (χ1) is 8.22. The maximum atomic E-state index is 11.9. The van der Waals surface area contributed by atoms with Crippen LogP contribution in [0.2, 0.25) is 5.15 Å². The molecule has 17 heavy (non-hydrogen) atoms. The molecule has 6 heteroatoms. The summed E-state index contributed by atoms with van der Waals surface area (Å²) in [6.45, 7) is 3.08. The lowest BCUT2D eigenvalue weighted by Gasteiger charge is -2.33. The molecule has 0 saturated carbocycles. The number of thiazole rings is 1. The normalized spacial score (nSPS) is 20.4. The topological polar surface area (TPSA) is 42.4 Å². The van der Waals surface area contributed by atoms with Gasteiger partial charge in [0.25, 0.3) is 0 Å². The third-order valence-corrected chi connectivity index (χ3v) is 3.97. The van der Waals surface area contributed by atoms with Gasteiger partial charge in [0, 0.05) is 11.9 Å². The molecule has 1 unspecified atom stereocenters. The second-order valence-corrected chi connectivity index (χ2v) is 5.13. The van der Waals surface area contributed by atoms with Gasteiger partial charge in [0.05, 0.1) is 6.61 Å². The lowest BCUT2D eigenvalue weighted by Crippen LogP contribution is -2.45. The van der Waals surface area contributed by atoms with Gasteiger partial charge in [-0.2, -0.15) is 0 Å². The van der Waals surface area contributed by atoms with Crippen LogP contribution in [-0.2, 0) is 9.53 Å². The van der Waals surface area contributed by atoms with Crippen LogP contribution in [0.3, 0.4) is 0 Å². The van der Waals surface area contributed by atoms with Crippen molar-refractivity contribution >= 4 is 34.0 Å². The average Bonchev–Trinajstić information content (AvgIpc) is 2.76. The van der Waals surface area contributed by atoms with Crippen LogP contribution >= 0.6 is 22.9 Å². The Kier molecular flexibility index (Phi) is 4.23. The van der Waals surface area contributed by atoms with Crippen LogP contribution in [0.15, 0.2) is 5.38 Å². The highest BCUT2D eigenvalue weighted by Crippen LogP contribution is 2.29. The number of carbonyl (C=O) groups is 1. The van der Waals surface area contributed by atoms with Gasteiger partial charge >= 0.3 is 5.97 Å². The second-order valence-electron chi connectivity index (χ2n) is 3.91. The molecule has 0 bridgehead atoms. The van der Waals surface area contributed by atoms with E-state index < -0.39 is 0 Å². The zero-order valence-corrected chi connectivity index (χ0v) is 11.3. The Morgan fingerprint density at radius 2 is 2.53 bits per heavy atom. The minimum Gasteiger partial charge on any atom is -0.464 e. The molecule has 0 aromatic carbocycles. The van der Waals surface area contributed by atoms with Gasteiger partial charge in [-0.25, -0.2) is 9.78 Å². The molecular weight excluding hydrogens is 260 g/mol. The number of piperidine rings is 1. The van der Waals surface area contributed by atoms with E-state index in [1.807, 2.05) is 11.8 Å². The van der Waals surface area contributed by atoms with Crippen LogP contribution in [0.4, 0.5) is 5.13 Å². The molecule has 1 saturated heterocycles. The van der Waals surface area contributed by atoms with Gasteiger partial charge in [-0.15, -0.1) is 11.3 Å². The van der Waals surface area contributed by atoms with Crippen molar-refractivity contribution in [1.29, 1.82) is 0 Å². The SMILES string of the molecule is CCOC(=O)C1CCCCN1c1nc(Cl)cs1. The predicted octanol–water partition coefficient (Wildman–Crippen LogP) is 2.72. The summed E-state index contributed by atoms with van der Waals surface area (Å²) < 4.78 is 5.10. The van der Waals surface area contributed by atoms with Crippen LogP contribution in [0.5, 0.6) is 0 Å². The smallest absolute Gasteiger partial charge is 0.328 e. The van der Waals surface area contributed by atoms with Crippen LogP contribution in [0.25, 0.3) is 0 Å². The highest BCUT2D eigenvalue weighted by Gasteiger charge is 2.31. The number of carbonyl (C=O) groups excluding carboxylic acids is 1. The van der Waals surface area contributed by atoms with E-state index in [4.69, 9.17) is 16.3 Å². The molecule has 1 aromatic heterocycles. The van der Waals surface area contributed by atoms with Gasteiger partial charge < -0.3 is 9.64 Å². The van der Waals surface area contributed by atoms with Crippen molar-refractivity contribution < 1.29 is 9.53 Å². The fraction of sp³-hybridized carbons (Fsp3) is 0.636. The van der Waals surface area contributed by atoms with Crippen molar-refractivity contribution in [2.45, 2.75) is 32.2 Å². The van der Waals surface area contributed by atoms with Gasteiger partial charge in [0.15, 0.2) is 5.13 Å². The van der Waals surface area contributed by atoms with Crippen molar-refractivity contribution in [3.05, 3.63) is 10.5 Å². The molecule has 0 aliphatic carbocycles. The third kappa shape index (κ3) is 2.90. The zero-order valence-electron chi connectivity index (χ0n) is 9.69. The molecule has 0 N–H and O–H groups in total. The molecule has 1 aliphatic rings. The van der Waals surface area contributed by atoms with Gasteiger partial charge in [-0.1, -0.05) is 11.6 Å². The summed E-state index contributed by atoms with van der Waals surface area (Å²) in [6.07, 6.45) is 2.96. The molecule has 2 heterocycles. The molecule has 4 nitrogen and oxygen atoms in total. The molecule has 0 spiro atoms. The Labute approximate surface area is 110 Å². The van der Waals surface area contributed by atoms with Crippen molar-refractivity contribution in [2.24, 2.45) is 0 Å². The number of halogens is 1. The van der Waals surface area contributed by atoms with Gasteiger partial charge in [0.1, 0.15) is 11.2 Å². The first-order valence-electron chi connectivity index (χ1n) is 5.76. The van der Waals surface area contributed by atoms with Crippen molar-refractivity contribution in [2.75, 3.05) is 18.1 Å². The summed E-state index contributed by atoms with van der Waals surface area (Å²) in [5.74, 6) is -0.154. The maximum Gasteiger partial charge on any atom is 0.328 e. The van der Waals surface area contributed by atoms with E-state index in [1.54, 1.807) is 5.38 Å². The first kappa shape index (κ1) is 12.6. The Balaban J connectivity index is 2.14. The van der Waals surface area contributed by atoms with Gasteiger partial charge in [-0.05, 0) is 26.2 Å². The lowest BCUT2D eigenvalue weighted by molar-refractivity contribution is -0.145. The number of esters is 1. The van der Waals surface area contributed by atoms with E-state index in [9.17, 15) is 4.79 Å². The second kappa shape index (κ2) is 5.69. The van der Waals surface area contributed by atoms with Crippen molar-refractivity contribution in [3.63, 3.8) is 0 Å². The number of aromatic nitrogens is 1. The monoisotopic (exact) mass is 274 g/mol. The summed E-state index contributed by atoms with van der Waals surface area (Å²) in [4.78, 5) is 18.1. The Morgan fingerprint density at radius 1 is 1.71 bits per heavy atom. The molecule has 0 radical (unpaired) electrons. The molecule has 1 aliphatic heterocycles. The molecule has 2 rings (SSSR count). The molecule has 0 amide bonds. The Morgan fingerprint density at radius 3 is 3.18 bits per heavy atom. The standard InChI is InChI=1S/C11H15ClN2O2S/c1-2-16-10(15)8-5-3-4-6-14(8)11-13-9(12)7-17-11/h7-8H,2-6H2,1H3. The quantitative estimate of drug-likeness (QED) is 0.795. The minimum absolute atomic E-state index is 0.154. The molecule has 1 fully saturated rings. The van der Waals surface area contributed by atoms with Crippen LogP contribution in [0, 0.1) is 0 Å². The minimum atomic E-state index is -0.203. The summed E-state index contributed by atoms with van der Waals surface area (Å²) in [5.41, 5.74) is 0. The fourth-order valence-electron chi connectivity index (χ4n) is 2.02. The van der Waals surface area contributed by atoms with E-state index in [2.05, 4.69) is 4.98 Å². The van der Waals surface area contributed by atoms with E-state index in [-0.39, 0.29) is 12.0 Å². The Bertz CT molecular complexity index is 397. The van der Waals surface area contributed by atoms with Crippen LogP contribution in [0.1, 0.15) is 26.2 Å². The van der Waals surface area contributed by atoms with E-state index in [0.29, 0.717) is 11.8 Å². The van der Waals surface area contributed by atoms with Crippen LogP contribution in [-0.4, -0.2) is 30.1 Å². The third-order valence-electron chi connectivity index (χ3n) is 2.77.